The molecular weight excluding hydrogens is 316 g/mol. The monoisotopic (exact) mass is 336 g/mol. The third kappa shape index (κ3) is 4.01. The van der Waals surface area contributed by atoms with Crippen molar-refractivity contribution in [2.45, 2.75) is 32.0 Å². The van der Waals surface area contributed by atoms with Crippen molar-refractivity contribution in [2.75, 3.05) is 12.9 Å². The molecular formula is C15H20N4O3S. The standard InChI is InChI=1S/C15H20N4O3S/c1-10-7-12(11(2)19(10)6-5-14(21)22-4)13(20)8-23-15-17-16-9-18(15)3/h7,9H,5-6,8H2,1-4H3. The molecule has 23 heavy (non-hydrogen) atoms. The van der Waals surface area contributed by atoms with E-state index in [4.69, 9.17) is 0 Å². The van der Waals surface area contributed by atoms with E-state index < -0.39 is 0 Å². The zero-order valence-corrected chi connectivity index (χ0v) is 14.5. The fraction of sp³-hybridized carbons (Fsp3) is 0.467. The number of nitrogens with zero attached hydrogens (tertiary/aromatic N) is 4. The number of hydrogen-bond acceptors (Lipinski definition) is 6. The van der Waals surface area contributed by atoms with Gasteiger partial charge in [-0.25, -0.2) is 0 Å². The summed E-state index contributed by atoms with van der Waals surface area (Å²) in [7, 11) is 3.21. The Hall–Kier alpha value is -2.09. The Morgan fingerprint density at radius 3 is 2.70 bits per heavy atom. The fourth-order valence-electron chi connectivity index (χ4n) is 2.34. The van der Waals surface area contributed by atoms with Gasteiger partial charge in [0, 0.05) is 30.5 Å². The topological polar surface area (TPSA) is 79.0 Å². The van der Waals surface area contributed by atoms with Gasteiger partial charge in [-0.15, -0.1) is 10.2 Å². The Bertz CT molecular complexity index is 720. The molecule has 2 heterocycles. The lowest BCUT2D eigenvalue weighted by atomic mass is 10.2. The second-order valence-electron chi connectivity index (χ2n) is 5.20. The number of esters is 1. The van der Waals surface area contributed by atoms with Gasteiger partial charge >= 0.3 is 5.97 Å². The summed E-state index contributed by atoms with van der Waals surface area (Å²) in [5, 5.41) is 8.45. The summed E-state index contributed by atoms with van der Waals surface area (Å²) in [6.07, 6.45) is 1.89. The molecule has 2 aromatic rings. The van der Waals surface area contributed by atoms with Gasteiger partial charge in [0.2, 0.25) is 0 Å². The molecule has 0 bridgehead atoms. The van der Waals surface area contributed by atoms with Gasteiger partial charge in [-0.2, -0.15) is 0 Å². The Labute approximate surface area is 139 Å². The average molecular weight is 336 g/mol. The molecule has 0 aliphatic carbocycles. The van der Waals surface area contributed by atoms with Crippen LogP contribution in [0.25, 0.3) is 0 Å². The predicted octanol–water partition coefficient (Wildman–Crippen LogP) is 1.77. The van der Waals surface area contributed by atoms with Crippen molar-refractivity contribution >= 4 is 23.5 Å². The highest BCUT2D eigenvalue weighted by Crippen LogP contribution is 2.20. The van der Waals surface area contributed by atoms with Gasteiger partial charge in [-0.05, 0) is 19.9 Å². The lowest BCUT2D eigenvalue weighted by molar-refractivity contribution is -0.140. The molecule has 0 unspecified atom stereocenters. The maximum Gasteiger partial charge on any atom is 0.307 e. The second kappa shape index (κ2) is 7.45. The normalized spacial score (nSPS) is 10.8. The number of ketones is 1. The van der Waals surface area contributed by atoms with Crippen LogP contribution in [0.4, 0.5) is 0 Å². The van der Waals surface area contributed by atoms with E-state index in [1.807, 2.05) is 31.5 Å². The summed E-state index contributed by atoms with van der Waals surface area (Å²) >= 11 is 1.36. The van der Waals surface area contributed by atoms with E-state index in [0.29, 0.717) is 23.0 Å². The number of ether oxygens (including phenoxy) is 1. The van der Waals surface area contributed by atoms with Crippen LogP contribution in [0.3, 0.4) is 0 Å². The van der Waals surface area contributed by atoms with Crippen LogP contribution in [0.5, 0.6) is 0 Å². The summed E-state index contributed by atoms with van der Waals surface area (Å²) < 4.78 is 8.40. The number of rotatable bonds is 7. The minimum Gasteiger partial charge on any atom is -0.469 e. The number of hydrogen-bond donors (Lipinski definition) is 0. The maximum absolute atomic E-state index is 12.4. The van der Waals surface area contributed by atoms with Gasteiger partial charge in [0.1, 0.15) is 6.33 Å². The SMILES string of the molecule is COC(=O)CCn1c(C)cc(C(=O)CSc2nncn2C)c1C. The molecule has 0 radical (unpaired) electrons. The smallest absolute Gasteiger partial charge is 0.307 e. The molecule has 0 saturated heterocycles. The average Bonchev–Trinajstić information content (AvgIpc) is 3.06. The van der Waals surface area contributed by atoms with Crippen molar-refractivity contribution in [3.8, 4) is 0 Å². The van der Waals surface area contributed by atoms with Crippen molar-refractivity contribution in [1.29, 1.82) is 0 Å². The third-order valence-electron chi connectivity index (χ3n) is 3.64. The summed E-state index contributed by atoms with van der Waals surface area (Å²) in [5.74, 6) is 0.0759. The van der Waals surface area contributed by atoms with Gasteiger partial charge in [-0.3, -0.25) is 9.59 Å². The Morgan fingerprint density at radius 1 is 1.35 bits per heavy atom. The van der Waals surface area contributed by atoms with Crippen LogP contribution in [0, 0.1) is 13.8 Å². The van der Waals surface area contributed by atoms with E-state index in [1.54, 1.807) is 10.9 Å². The van der Waals surface area contributed by atoms with E-state index >= 15 is 0 Å². The van der Waals surface area contributed by atoms with Gasteiger partial charge in [0.25, 0.3) is 0 Å². The van der Waals surface area contributed by atoms with Crippen LogP contribution in [-0.2, 0) is 23.1 Å². The molecule has 0 aliphatic rings. The van der Waals surface area contributed by atoms with Crippen LogP contribution >= 0.6 is 11.8 Å². The molecule has 2 rings (SSSR count). The van der Waals surface area contributed by atoms with Crippen molar-refractivity contribution in [2.24, 2.45) is 7.05 Å². The highest BCUT2D eigenvalue weighted by Gasteiger charge is 2.17. The van der Waals surface area contributed by atoms with Crippen LogP contribution in [-0.4, -0.2) is 43.9 Å². The first-order chi connectivity index (χ1) is 10.9. The van der Waals surface area contributed by atoms with Crippen molar-refractivity contribution < 1.29 is 14.3 Å². The Kier molecular flexibility index (Phi) is 5.59. The number of carbonyl (C=O) groups is 2. The summed E-state index contributed by atoms with van der Waals surface area (Å²) in [6, 6.07) is 1.87. The lowest BCUT2D eigenvalue weighted by Gasteiger charge is -2.08. The molecule has 0 spiro atoms. The van der Waals surface area contributed by atoms with E-state index in [-0.39, 0.29) is 18.2 Å². The van der Waals surface area contributed by atoms with Crippen molar-refractivity contribution in [3.05, 3.63) is 29.3 Å². The van der Waals surface area contributed by atoms with Gasteiger partial charge in [0.05, 0.1) is 19.3 Å². The molecule has 0 aliphatic heterocycles. The molecule has 0 aromatic carbocycles. The largest absolute Gasteiger partial charge is 0.469 e. The van der Waals surface area contributed by atoms with E-state index in [1.165, 1.54) is 18.9 Å². The molecule has 2 aromatic heterocycles. The van der Waals surface area contributed by atoms with Gasteiger partial charge in [-0.1, -0.05) is 11.8 Å². The summed E-state index contributed by atoms with van der Waals surface area (Å²) in [5.41, 5.74) is 2.51. The molecule has 8 heteroatoms. The van der Waals surface area contributed by atoms with Gasteiger partial charge < -0.3 is 13.9 Å². The highest BCUT2D eigenvalue weighted by molar-refractivity contribution is 7.99. The second-order valence-corrected chi connectivity index (χ2v) is 6.14. The van der Waals surface area contributed by atoms with Crippen LogP contribution in [0.15, 0.2) is 17.6 Å². The number of Topliss-reactive ketones (excluding diaryl/α,β-unsaturated/α-hetero) is 1. The highest BCUT2D eigenvalue weighted by atomic mass is 32.2. The quantitative estimate of drug-likeness (QED) is 0.436. The minimum atomic E-state index is -0.261. The fourth-order valence-corrected chi connectivity index (χ4v) is 3.12. The van der Waals surface area contributed by atoms with Crippen molar-refractivity contribution in [1.82, 2.24) is 19.3 Å². The molecule has 0 saturated carbocycles. The third-order valence-corrected chi connectivity index (χ3v) is 4.68. The van der Waals surface area contributed by atoms with E-state index in [2.05, 4.69) is 14.9 Å². The van der Waals surface area contributed by atoms with Crippen molar-refractivity contribution in [3.63, 3.8) is 0 Å². The predicted molar refractivity (Wildman–Crippen MR) is 86.6 cm³/mol. The summed E-state index contributed by atoms with van der Waals surface area (Å²) in [4.78, 5) is 23.7. The molecule has 0 N–H and O–H groups in total. The Balaban J connectivity index is 2.06. The summed E-state index contributed by atoms with van der Waals surface area (Å²) in [6.45, 7) is 4.33. The Morgan fingerprint density at radius 2 is 2.09 bits per heavy atom. The number of aryl methyl sites for hydroxylation is 2. The zero-order chi connectivity index (χ0) is 17.0. The first kappa shape index (κ1) is 17.3. The molecule has 0 amide bonds. The van der Waals surface area contributed by atoms with Crippen LogP contribution in [0.2, 0.25) is 0 Å². The van der Waals surface area contributed by atoms with Crippen LogP contribution in [0.1, 0.15) is 28.2 Å². The number of aromatic nitrogens is 4. The molecule has 0 fully saturated rings. The van der Waals surface area contributed by atoms with E-state index in [0.717, 1.165) is 11.4 Å². The zero-order valence-electron chi connectivity index (χ0n) is 13.7. The molecule has 0 atom stereocenters. The first-order valence-electron chi connectivity index (χ1n) is 7.17. The number of thioether (sulfide) groups is 1. The lowest BCUT2D eigenvalue weighted by Crippen LogP contribution is -2.10. The minimum absolute atomic E-state index is 0.0374. The van der Waals surface area contributed by atoms with Crippen LogP contribution < -0.4 is 0 Å². The number of carbonyl (C=O) groups excluding carboxylic acids is 2. The molecule has 124 valence electrons. The maximum atomic E-state index is 12.4. The molecule has 7 nitrogen and oxygen atoms in total. The number of methoxy groups -OCH3 is 1. The van der Waals surface area contributed by atoms with Gasteiger partial charge in [0.15, 0.2) is 10.9 Å². The van der Waals surface area contributed by atoms with E-state index in [9.17, 15) is 9.59 Å². The first-order valence-corrected chi connectivity index (χ1v) is 8.16.